The SMILES string of the molecule is CC.CC.CC.O=C(O)C(c1ccccc1)(c1ccccc1)C1CCCC1. The predicted molar refractivity (Wildman–Crippen MR) is 117 cm³/mol. The number of rotatable bonds is 4. The van der Waals surface area contributed by atoms with Crippen LogP contribution in [0.1, 0.15) is 78.4 Å². The molecule has 1 aliphatic carbocycles. The molecule has 0 aromatic heterocycles. The number of benzene rings is 2. The van der Waals surface area contributed by atoms with Crippen molar-refractivity contribution in [2.75, 3.05) is 0 Å². The fraction of sp³-hybridized carbons (Fsp3) is 0.480. The standard InChI is InChI=1S/C19H20O2.3C2H6/c20-18(21)19(17-13-7-8-14-17,15-9-3-1-4-10-15)16-11-5-2-6-12-16;3*1-2/h1-6,9-12,17H,7-8,13-14H2,(H,20,21);3*1-2H3. The summed E-state index contributed by atoms with van der Waals surface area (Å²) < 4.78 is 0. The van der Waals surface area contributed by atoms with Crippen molar-refractivity contribution in [3.05, 3.63) is 71.8 Å². The van der Waals surface area contributed by atoms with Crippen LogP contribution in [0.15, 0.2) is 60.7 Å². The van der Waals surface area contributed by atoms with E-state index in [1.165, 1.54) is 0 Å². The van der Waals surface area contributed by atoms with Crippen LogP contribution < -0.4 is 0 Å². The lowest BCUT2D eigenvalue weighted by Gasteiger charge is -2.36. The number of aliphatic carboxylic acids is 1. The van der Waals surface area contributed by atoms with E-state index in [4.69, 9.17) is 0 Å². The van der Waals surface area contributed by atoms with Gasteiger partial charge in [-0.2, -0.15) is 0 Å². The van der Waals surface area contributed by atoms with E-state index in [1.54, 1.807) is 0 Å². The number of carboxylic acid groups (broad SMARTS) is 1. The Kier molecular flexibility index (Phi) is 12.9. The third-order valence-electron chi connectivity index (χ3n) is 4.76. The lowest BCUT2D eigenvalue weighted by atomic mass is 9.65. The fourth-order valence-corrected chi connectivity index (χ4v) is 3.82. The van der Waals surface area contributed by atoms with Gasteiger partial charge in [0.2, 0.25) is 0 Å². The second-order valence-corrected chi connectivity index (χ2v) is 5.83. The van der Waals surface area contributed by atoms with Crippen LogP contribution in [0.4, 0.5) is 0 Å². The highest BCUT2D eigenvalue weighted by Gasteiger charge is 2.49. The maximum atomic E-state index is 12.4. The molecule has 3 rings (SSSR count). The molecular formula is C25H38O2. The summed E-state index contributed by atoms with van der Waals surface area (Å²) in [7, 11) is 0. The van der Waals surface area contributed by atoms with Crippen LogP contribution in [-0.2, 0) is 10.2 Å². The van der Waals surface area contributed by atoms with Crippen molar-refractivity contribution in [2.24, 2.45) is 5.92 Å². The molecule has 0 radical (unpaired) electrons. The topological polar surface area (TPSA) is 37.3 Å². The van der Waals surface area contributed by atoms with E-state index in [0.717, 1.165) is 36.8 Å². The lowest BCUT2D eigenvalue weighted by Crippen LogP contribution is -2.43. The van der Waals surface area contributed by atoms with Gasteiger partial charge in [0, 0.05) is 0 Å². The Bertz CT molecular complexity index is 559. The van der Waals surface area contributed by atoms with E-state index in [0.29, 0.717) is 0 Å². The maximum Gasteiger partial charge on any atom is 0.318 e. The van der Waals surface area contributed by atoms with Crippen LogP contribution >= 0.6 is 0 Å². The first-order chi connectivity index (χ1) is 13.3. The van der Waals surface area contributed by atoms with E-state index in [9.17, 15) is 9.90 Å². The van der Waals surface area contributed by atoms with Crippen molar-refractivity contribution in [1.82, 2.24) is 0 Å². The summed E-state index contributed by atoms with van der Waals surface area (Å²) in [6.07, 6.45) is 4.21. The molecule has 2 nitrogen and oxygen atoms in total. The Morgan fingerprint density at radius 1 is 0.741 bits per heavy atom. The minimum atomic E-state index is -0.918. The normalized spacial score (nSPS) is 13.1. The van der Waals surface area contributed by atoms with Gasteiger partial charge in [-0.1, -0.05) is 115 Å². The average molecular weight is 371 g/mol. The van der Waals surface area contributed by atoms with E-state index < -0.39 is 11.4 Å². The molecule has 2 aromatic carbocycles. The number of hydrogen-bond donors (Lipinski definition) is 1. The average Bonchev–Trinajstić information content (AvgIpc) is 3.29. The van der Waals surface area contributed by atoms with Crippen LogP contribution in [-0.4, -0.2) is 11.1 Å². The van der Waals surface area contributed by atoms with Crippen molar-refractivity contribution in [3.8, 4) is 0 Å². The van der Waals surface area contributed by atoms with Crippen LogP contribution in [0, 0.1) is 5.92 Å². The van der Waals surface area contributed by atoms with Gasteiger partial charge in [0.05, 0.1) is 0 Å². The maximum absolute atomic E-state index is 12.4. The first-order valence-corrected chi connectivity index (χ1v) is 10.6. The molecule has 0 saturated heterocycles. The zero-order valence-electron chi connectivity index (χ0n) is 18.0. The molecule has 0 amide bonds. The molecule has 150 valence electrons. The molecule has 0 atom stereocenters. The van der Waals surface area contributed by atoms with Gasteiger partial charge in [-0.3, -0.25) is 4.79 Å². The van der Waals surface area contributed by atoms with Gasteiger partial charge >= 0.3 is 5.97 Å². The van der Waals surface area contributed by atoms with Crippen LogP contribution in [0.25, 0.3) is 0 Å². The van der Waals surface area contributed by atoms with Crippen molar-refractivity contribution in [2.45, 2.75) is 72.6 Å². The first-order valence-electron chi connectivity index (χ1n) is 10.6. The molecule has 2 heteroatoms. The Labute approximate surface area is 166 Å². The van der Waals surface area contributed by atoms with Crippen molar-refractivity contribution in [1.29, 1.82) is 0 Å². The van der Waals surface area contributed by atoms with Gasteiger partial charge in [-0.25, -0.2) is 0 Å². The van der Waals surface area contributed by atoms with Gasteiger partial charge in [-0.05, 0) is 29.9 Å². The summed E-state index contributed by atoms with van der Waals surface area (Å²) in [5.74, 6) is -0.563. The first kappa shape index (κ1) is 24.9. The van der Waals surface area contributed by atoms with Gasteiger partial charge in [-0.15, -0.1) is 0 Å². The van der Waals surface area contributed by atoms with E-state index in [2.05, 4.69) is 0 Å². The largest absolute Gasteiger partial charge is 0.480 e. The Morgan fingerprint density at radius 2 is 1.07 bits per heavy atom. The molecule has 1 aliphatic rings. The molecule has 0 aliphatic heterocycles. The van der Waals surface area contributed by atoms with Crippen LogP contribution in [0.5, 0.6) is 0 Å². The number of carboxylic acids is 1. The van der Waals surface area contributed by atoms with Gasteiger partial charge in [0.1, 0.15) is 5.41 Å². The van der Waals surface area contributed by atoms with E-state index in [-0.39, 0.29) is 5.92 Å². The molecule has 1 N–H and O–H groups in total. The molecule has 2 aromatic rings. The molecular weight excluding hydrogens is 332 g/mol. The second-order valence-electron chi connectivity index (χ2n) is 5.83. The predicted octanol–water partition coefficient (Wildman–Crippen LogP) is 7.33. The molecule has 0 spiro atoms. The summed E-state index contributed by atoms with van der Waals surface area (Å²) in [4.78, 5) is 12.4. The molecule has 0 unspecified atom stereocenters. The highest BCUT2D eigenvalue weighted by atomic mass is 16.4. The molecule has 1 fully saturated rings. The van der Waals surface area contributed by atoms with Gasteiger partial charge in [0.25, 0.3) is 0 Å². The summed E-state index contributed by atoms with van der Waals surface area (Å²) in [6.45, 7) is 12.0. The zero-order valence-corrected chi connectivity index (χ0v) is 18.0. The highest BCUT2D eigenvalue weighted by molar-refractivity contribution is 5.86. The second kappa shape index (κ2) is 14.0. The highest BCUT2D eigenvalue weighted by Crippen LogP contribution is 2.47. The molecule has 1 saturated carbocycles. The summed E-state index contributed by atoms with van der Waals surface area (Å²) in [5.41, 5.74) is 0.880. The monoisotopic (exact) mass is 370 g/mol. The molecule has 0 bridgehead atoms. The third-order valence-corrected chi connectivity index (χ3v) is 4.76. The van der Waals surface area contributed by atoms with Crippen molar-refractivity contribution < 1.29 is 9.90 Å². The Hall–Kier alpha value is -2.09. The molecule has 27 heavy (non-hydrogen) atoms. The zero-order chi connectivity index (χ0) is 20.7. The molecule has 0 heterocycles. The number of carbonyl (C=O) groups is 1. The summed E-state index contributed by atoms with van der Waals surface area (Å²) in [6, 6.07) is 19.5. The minimum absolute atomic E-state index is 0.166. The Morgan fingerprint density at radius 3 is 1.37 bits per heavy atom. The van der Waals surface area contributed by atoms with Crippen LogP contribution in [0.3, 0.4) is 0 Å². The van der Waals surface area contributed by atoms with Crippen molar-refractivity contribution in [3.63, 3.8) is 0 Å². The summed E-state index contributed by atoms with van der Waals surface area (Å²) in [5, 5.41) is 10.2. The third kappa shape index (κ3) is 5.69. The quantitative estimate of drug-likeness (QED) is 0.612. The van der Waals surface area contributed by atoms with E-state index >= 15 is 0 Å². The number of hydrogen-bond acceptors (Lipinski definition) is 1. The smallest absolute Gasteiger partial charge is 0.318 e. The van der Waals surface area contributed by atoms with E-state index in [1.807, 2.05) is 102 Å². The Balaban J connectivity index is 0.00000103. The lowest BCUT2D eigenvalue weighted by molar-refractivity contribution is -0.144. The van der Waals surface area contributed by atoms with Gasteiger partial charge < -0.3 is 5.11 Å². The van der Waals surface area contributed by atoms with Gasteiger partial charge in [0.15, 0.2) is 0 Å². The minimum Gasteiger partial charge on any atom is -0.480 e. The van der Waals surface area contributed by atoms with Crippen molar-refractivity contribution >= 4 is 5.97 Å². The van der Waals surface area contributed by atoms with Crippen LogP contribution in [0.2, 0.25) is 0 Å². The summed E-state index contributed by atoms with van der Waals surface area (Å²) >= 11 is 0. The fourth-order valence-electron chi connectivity index (χ4n) is 3.82.